The molecular formula is C15H18ClN3OS. The highest BCUT2D eigenvalue weighted by Crippen LogP contribution is 2.23. The third kappa shape index (κ3) is 3.43. The van der Waals surface area contributed by atoms with E-state index in [1.807, 2.05) is 41.3 Å². The Balaban J connectivity index is 0.00000161. The van der Waals surface area contributed by atoms with E-state index >= 15 is 0 Å². The van der Waals surface area contributed by atoms with E-state index < -0.39 is 0 Å². The fraction of sp³-hybridized carbons (Fsp3) is 0.333. The minimum absolute atomic E-state index is 0. The third-order valence-corrected chi connectivity index (χ3v) is 4.33. The number of carbonyl (C=O) groups is 1. The number of nitrogens with zero attached hydrogens (tertiary/aromatic N) is 2. The zero-order valence-electron chi connectivity index (χ0n) is 11.8. The Morgan fingerprint density at radius 3 is 2.86 bits per heavy atom. The van der Waals surface area contributed by atoms with E-state index in [-0.39, 0.29) is 24.4 Å². The summed E-state index contributed by atoms with van der Waals surface area (Å²) < 4.78 is 4.41. The average Bonchev–Trinajstić information content (AvgIpc) is 2.98. The number of piperazine rings is 1. The van der Waals surface area contributed by atoms with E-state index in [0.717, 1.165) is 35.8 Å². The summed E-state index contributed by atoms with van der Waals surface area (Å²) in [6.07, 6.45) is 0. The Morgan fingerprint density at radius 1 is 1.38 bits per heavy atom. The lowest BCUT2D eigenvalue weighted by Crippen LogP contribution is -2.52. The normalized spacial score (nSPS) is 18.1. The van der Waals surface area contributed by atoms with E-state index in [9.17, 15) is 4.79 Å². The first-order valence-corrected chi connectivity index (χ1v) is 7.57. The maximum absolute atomic E-state index is 12.5. The highest BCUT2D eigenvalue weighted by Gasteiger charge is 2.25. The highest BCUT2D eigenvalue weighted by atomic mass is 35.5. The van der Waals surface area contributed by atoms with Gasteiger partial charge in [0.25, 0.3) is 5.91 Å². The van der Waals surface area contributed by atoms with Gasteiger partial charge in [0.2, 0.25) is 0 Å². The molecule has 0 aliphatic carbocycles. The number of carbonyl (C=O) groups excluding carboxylic acids is 1. The van der Waals surface area contributed by atoms with Crippen LogP contribution in [0.4, 0.5) is 0 Å². The maximum atomic E-state index is 12.5. The molecule has 6 heteroatoms. The van der Waals surface area contributed by atoms with Crippen molar-refractivity contribution >= 4 is 29.8 Å². The number of aromatic nitrogens is 1. The van der Waals surface area contributed by atoms with Crippen molar-refractivity contribution in [1.29, 1.82) is 0 Å². The van der Waals surface area contributed by atoms with E-state index in [0.29, 0.717) is 0 Å². The minimum Gasteiger partial charge on any atom is -0.333 e. The summed E-state index contributed by atoms with van der Waals surface area (Å²) in [6, 6.07) is 12.1. The molecule has 0 unspecified atom stereocenters. The van der Waals surface area contributed by atoms with Crippen molar-refractivity contribution in [3.05, 3.63) is 41.3 Å². The van der Waals surface area contributed by atoms with Crippen LogP contribution in [0.2, 0.25) is 0 Å². The predicted octanol–water partition coefficient (Wildman–Crippen LogP) is 2.67. The Labute approximate surface area is 134 Å². The second-order valence-corrected chi connectivity index (χ2v) is 5.80. The first-order chi connectivity index (χ1) is 9.75. The Hall–Kier alpha value is -1.43. The van der Waals surface area contributed by atoms with E-state index in [1.54, 1.807) is 0 Å². The van der Waals surface area contributed by atoms with Crippen molar-refractivity contribution in [2.24, 2.45) is 0 Å². The molecule has 1 atom stereocenters. The van der Waals surface area contributed by atoms with Crippen LogP contribution < -0.4 is 5.32 Å². The molecule has 112 valence electrons. The second-order valence-electron chi connectivity index (χ2n) is 4.99. The zero-order chi connectivity index (χ0) is 13.9. The highest BCUT2D eigenvalue weighted by molar-refractivity contribution is 7.08. The van der Waals surface area contributed by atoms with Crippen molar-refractivity contribution in [2.75, 3.05) is 19.6 Å². The molecule has 1 aromatic carbocycles. The SMILES string of the molecule is C[C@H]1CNCCN1C(=O)c1cc(-c2ccccc2)ns1.Cl. The molecule has 1 aliphatic heterocycles. The van der Waals surface area contributed by atoms with Gasteiger partial charge in [0.05, 0.1) is 5.69 Å². The lowest BCUT2D eigenvalue weighted by molar-refractivity contribution is 0.0661. The van der Waals surface area contributed by atoms with Crippen LogP contribution in [0.15, 0.2) is 36.4 Å². The van der Waals surface area contributed by atoms with Crippen LogP contribution in [0.5, 0.6) is 0 Å². The predicted molar refractivity (Wildman–Crippen MR) is 88.2 cm³/mol. The molecule has 1 N–H and O–H groups in total. The molecule has 1 saturated heterocycles. The van der Waals surface area contributed by atoms with Gasteiger partial charge in [0.1, 0.15) is 4.88 Å². The number of amides is 1. The summed E-state index contributed by atoms with van der Waals surface area (Å²) in [5.41, 5.74) is 1.93. The van der Waals surface area contributed by atoms with Gasteiger partial charge in [0, 0.05) is 31.2 Å². The number of benzene rings is 1. The molecule has 0 saturated carbocycles. The molecule has 3 rings (SSSR count). The van der Waals surface area contributed by atoms with Gasteiger partial charge in [-0.15, -0.1) is 12.4 Å². The molecule has 2 aromatic rings. The Morgan fingerprint density at radius 2 is 2.14 bits per heavy atom. The first kappa shape index (κ1) is 15.9. The zero-order valence-corrected chi connectivity index (χ0v) is 13.4. The molecule has 0 spiro atoms. The van der Waals surface area contributed by atoms with Crippen LogP contribution in [-0.4, -0.2) is 40.9 Å². The monoisotopic (exact) mass is 323 g/mol. The number of nitrogens with one attached hydrogen (secondary N) is 1. The van der Waals surface area contributed by atoms with Gasteiger partial charge in [-0.3, -0.25) is 4.79 Å². The second kappa shape index (κ2) is 7.02. The quantitative estimate of drug-likeness (QED) is 0.924. The summed E-state index contributed by atoms with van der Waals surface area (Å²) in [4.78, 5) is 15.2. The van der Waals surface area contributed by atoms with Crippen LogP contribution in [-0.2, 0) is 0 Å². The molecule has 1 aromatic heterocycles. The number of halogens is 1. The Kier molecular flexibility index (Phi) is 5.33. The van der Waals surface area contributed by atoms with E-state index in [4.69, 9.17) is 0 Å². The fourth-order valence-electron chi connectivity index (χ4n) is 2.41. The molecule has 1 fully saturated rings. The van der Waals surface area contributed by atoms with Crippen molar-refractivity contribution in [3.8, 4) is 11.3 Å². The Bertz CT molecular complexity index is 602. The minimum atomic E-state index is 0. The molecule has 1 aliphatic rings. The molecule has 1 amide bonds. The number of rotatable bonds is 2. The van der Waals surface area contributed by atoms with E-state index in [1.165, 1.54) is 11.5 Å². The maximum Gasteiger partial charge on any atom is 0.265 e. The van der Waals surface area contributed by atoms with Gasteiger partial charge >= 0.3 is 0 Å². The van der Waals surface area contributed by atoms with Crippen LogP contribution in [0.1, 0.15) is 16.6 Å². The van der Waals surface area contributed by atoms with Crippen LogP contribution >= 0.6 is 23.9 Å². The molecule has 21 heavy (non-hydrogen) atoms. The third-order valence-electron chi connectivity index (χ3n) is 3.55. The van der Waals surface area contributed by atoms with Crippen molar-refractivity contribution in [3.63, 3.8) is 0 Å². The lowest BCUT2D eigenvalue weighted by Gasteiger charge is -2.33. The van der Waals surface area contributed by atoms with Crippen molar-refractivity contribution < 1.29 is 4.79 Å². The topological polar surface area (TPSA) is 45.2 Å². The van der Waals surface area contributed by atoms with Gasteiger partial charge in [-0.2, -0.15) is 4.37 Å². The van der Waals surface area contributed by atoms with E-state index in [2.05, 4.69) is 16.6 Å². The molecule has 0 radical (unpaired) electrons. The average molecular weight is 324 g/mol. The molecule has 2 heterocycles. The number of hydrogen-bond donors (Lipinski definition) is 1. The first-order valence-electron chi connectivity index (χ1n) is 6.79. The summed E-state index contributed by atoms with van der Waals surface area (Å²) in [6.45, 7) is 4.55. The smallest absolute Gasteiger partial charge is 0.265 e. The van der Waals surface area contributed by atoms with Crippen molar-refractivity contribution in [1.82, 2.24) is 14.6 Å². The van der Waals surface area contributed by atoms with Gasteiger partial charge in [0.15, 0.2) is 0 Å². The fourth-order valence-corrected chi connectivity index (χ4v) is 3.12. The van der Waals surface area contributed by atoms with Gasteiger partial charge in [-0.05, 0) is 24.5 Å². The number of hydrogen-bond acceptors (Lipinski definition) is 4. The largest absolute Gasteiger partial charge is 0.333 e. The standard InChI is InChI=1S/C15H17N3OS.ClH/c1-11-10-16-7-8-18(11)15(19)14-9-13(17-20-14)12-5-3-2-4-6-12;/h2-6,9,11,16H,7-8,10H2,1H3;1H/t11-;/m0./s1. The molecular weight excluding hydrogens is 306 g/mol. The summed E-state index contributed by atoms with van der Waals surface area (Å²) in [5, 5.41) is 3.30. The van der Waals surface area contributed by atoms with Crippen LogP contribution in [0, 0.1) is 0 Å². The molecule has 0 bridgehead atoms. The lowest BCUT2D eigenvalue weighted by atomic mass is 10.1. The summed E-state index contributed by atoms with van der Waals surface area (Å²) >= 11 is 1.29. The van der Waals surface area contributed by atoms with Gasteiger partial charge < -0.3 is 10.2 Å². The summed E-state index contributed by atoms with van der Waals surface area (Å²) in [5.74, 6) is 0.0960. The van der Waals surface area contributed by atoms with Gasteiger partial charge in [-0.1, -0.05) is 30.3 Å². The van der Waals surface area contributed by atoms with Crippen LogP contribution in [0.25, 0.3) is 11.3 Å². The van der Waals surface area contributed by atoms with Crippen LogP contribution in [0.3, 0.4) is 0 Å². The van der Waals surface area contributed by atoms with Crippen molar-refractivity contribution in [2.45, 2.75) is 13.0 Å². The summed E-state index contributed by atoms with van der Waals surface area (Å²) in [7, 11) is 0. The van der Waals surface area contributed by atoms with Gasteiger partial charge in [-0.25, -0.2) is 0 Å². The molecule has 4 nitrogen and oxygen atoms in total.